The van der Waals surface area contributed by atoms with Crippen LogP contribution in [0.4, 0.5) is 0 Å². The maximum atomic E-state index is 6.52. The molecule has 1 heterocycles. The van der Waals surface area contributed by atoms with Crippen LogP contribution in [-0.4, -0.2) is 11.6 Å². The Hall–Kier alpha value is -1.87. The molecule has 1 aromatic carbocycles. The molecule has 1 aromatic heterocycles. The van der Waals surface area contributed by atoms with Gasteiger partial charge in [0.25, 0.3) is 0 Å². The quantitative estimate of drug-likeness (QED) is 0.907. The third-order valence-electron chi connectivity index (χ3n) is 3.59. The van der Waals surface area contributed by atoms with Gasteiger partial charge in [-0.1, -0.05) is 31.2 Å². The van der Waals surface area contributed by atoms with Crippen molar-refractivity contribution in [1.29, 1.82) is 0 Å². The van der Waals surface area contributed by atoms with Crippen molar-refractivity contribution in [2.24, 2.45) is 5.73 Å². The smallest absolute Gasteiger partial charge is 0.137 e. The number of aromatic nitrogens is 1. The van der Waals surface area contributed by atoms with Crippen molar-refractivity contribution in [2.45, 2.75) is 32.7 Å². The normalized spacial score (nSPS) is 13.8. The number of nitrogens with zero attached hydrogens (tertiary/aromatic N) is 1. The van der Waals surface area contributed by atoms with Crippen LogP contribution in [0.25, 0.3) is 0 Å². The molecule has 2 rings (SSSR count). The van der Waals surface area contributed by atoms with Crippen LogP contribution in [0, 0.1) is 0 Å². The van der Waals surface area contributed by atoms with Gasteiger partial charge in [-0.15, -0.1) is 0 Å². The summed E-state index contributed by atoms with van der Waals surface area (Å²) in [6, 6.07) is 10.4. The molecular weight excluding hydrogens is 248 g/mol. The highest BCUT2D eigenvalue weighted by Gasteiger charge is 2.24. The number of rotatable bonds is 5. The van der Waals surface area contributed by atoms with Crippen LogP contribution in [0.2, 0.25) is 0 Å². The summed E-state index contributed by atoms with van der Waals surface area (Å²) < 4.78 is 5.50. The third-order valence-corrected chi connectivity index (χ3v) is 3.59. The predicted octanol–water partition coefficient (Wildman–Crippen LogP) is 3.26. The first-order valence-electron chi connectivity index (χ1n) is 7.04. The van der Waals surface area contributed by atoms with Crippen molar-refractivity contribution in [1.82, 2.24) is 4.98 Å². The summed E-state index contributed by atoms with van der Waals surface area (Å²) in [6.07, 6.45) is 4.54. The molecule has 2 N–H and O–H groups in total. The monoisotopic (exact) mass is 270 g/mol. The van der Waals surface area contributed by atoms with Gasteiger partial charge >= 0.3 is 0 Å². The van der Waals surface area contributed by atoms with Crippen molar-refractivity contribution < 1.29 is 4.74 Å². The molecule has 106 valence electrons. The molecule has 0 aliphatic heterocycles. The third kappa shape index (κ3) is 2.99. The average Bonchev–Trinajstić information content (AvgIpc) is 2.48. The van der Waals surface area contributed by atoms with Crippen LogP contribution in [-0.2, 0) is 12.0 Å². The van der Waals surface area contributed by atoms with Gasteiger partial charge < -0.3 is 10.5 Å². The molecular formula is C17H22N2O. The number of hydrogen-bond acceptors (Lipinski definition) is 3. The summed E-state index contributed by atoms with van der Waals surface area (Å²) >= 11 is 0. The minimum atomic E-state index is -0.577. The summed E-state index contributed by atoms with van der Waals surface area (Å²) in [4.78, 5) is 4.22. The fraction of sp³-hybridized carbons (Fsp3) is 0.353. The topological polar surface area (TPSA) is 48.1 Å². The van der Waals surface area contributed by atoms with E-state index in [0.29, 0.717) is 6.61 Å². The van der Waals surface area contributed by atoms with Gasteiger partial charge in [0.1, 0.15) is 5.75 Å². The van der Waals surface area contributed by atoms with Crippen molar-refractivity contribution in [3.63, 3.8) is 0 Å². The van der Waals surface area contributed by atoms with Gasteiger partial charge in [-0.2, -0.15) is 0 Å². The molecule has 0 saturated heterocycles. The largest absolute Gasteiger partial charge is 0.492 e. The predicted molar refractivity (Wildman–Crippen MR) is 81.9 cm³/mol. The van der Waals surface area contributed by atoms with Gasteiger partial charge in [-0.3, -0.25) is 4.98 Å². The standard InChI is InChI=1S/C17H22N2O/c1-4-13-6-8-14(9-7-13)17(3,18)15-10-16(20-5-2)12-19-11-15/h6-12H,4-5,18H2,1-3H3. The highest BCUT2D eigenvalue weighted by atomic mass is 16.5. The van der Waals surface area contributed by atoms with Crippen LogP contribution < -0.4 is 10.5 Å². The number of pyridine rings is 1. The lowest BCUT2D eigenvalue weighted by Crippen LogP contribution is -2.34. The zero-order valence-electron chi connectivity index (χ0n) is 12.4. The van der Waals surface area contributed by atoms with Crippen LogP contribution in [0.3, 0.4) is 0 Å². The van der Waals surface area contributed by atoms with Crippen LogP contribution in [0.5, 0.6) is 5.75 Å². The molecule has 20 heavy (non-hydrogen) atoms. The Kier molecular flexibility index (Phi) is 4.40. The summed E-state index contributed by atoms with van der Waals surface area (Å²) in [6.45, 7) is 6.72. The van der Waals surface area contributed by atoms with E-state index in [1.807, 2.05) is 19.9 Å². The van der Waals surface area contributed by atoms with E-state index in [-0.39, 0.29) is 0 Å². The molecule has 0 spiro atoms. The van der Waals surface area contributed by atoms with E-state index in [0.717, 1.165) is 23.3 Å². The molecule has 3 nitrogen and oxygen atoms in total. The van der Waals surface area contributed by atoms with E-state index in [2.05, 4.69) is 36.2 Å². The Bertz CT molecular complexity index is 561. The van der Waals surface area contributed by atoms with Gasteiger partial charge in [0.2, 0.25) is 0 Å². The number of aryl methyl sites for hydroxylation is 1. The Morgan fingerprint density at radius 3 is 2.40 bits per heavy atom. The van der Waals surface area contributed by atoms with Crippen LogP contribution >= 0.6 is 0 Å². The van der Waals surface area contributed by atoms with Gasteiger partial charge in [0.05, 0.1) is 18.3 Å². The molecule has 0 bridgehead atoms. The Labute approximate surface area is 120 Å². The van der Waals surface area contributed by atoms with E-state index in [1.165, 1.54) is 5.56 Å². The molecule has 1 atom stereocenters. The lowest BCUT2D eigenvalue weighted by Gasteiger charge is -2.26. The zero-order chi connectivity index (χ0) is 14.6. The molecule has 0 amide bonds. The van der Waals surface area contributed by atoms with Crippen molar-refractivity contribution >= 4 is 0 Å². The highest BCUT2D eigenvalue weighted by molar-refractivity contribution is 5.39. The SMILES string of the molecule is CCOc1cncc(C(C)(N)c2ccc(CC)cc2)c1. The second-order valence-corrected chi connectivity index (χ2v) is 5.10. The van der Waals surface area contributed by atoms with E-state index in [4.69, 9.17) is 10.5 Å². The van der Waals surface area contributed by atoms with E-state index >= 15 is 0 Å². The molecule has 3 heteroatoms. The highest BCUT2D eigenvalue weighted by Crippen LogP contribution is 2.28. The van der Waals surface area contributed by atoms with Crippen molar-refractivity contribution in [3.8, 4) is 5.75 Å². The minimum Gasteiger partial charge on any atom is -0.492 e. The number of hydrogen-bond donors (Lipinski definition) is 1. The first-order chi connectivity index (χ1) is 9.57. The van der Waals surface area contributed by atoms with E-state index in [9.17, 15) is 0 Å². The van der Waals surface area contributed by atoms with Crippen molar-refractivity contribution in [2.75, 3.05) is 6.61 Å². The van der Waals surface area contributed by atoms with E-state index < -0.39 is 5.54 Å². The molecule has 0 aliphatic carbocycles. The summed E-state index contributed by atoms with van der Waals surface area (Å²) in [5.41, 5.74) is 9.28. The summed E-state index contributed by atoms with van der Waals surface area (Å²) in [7, 11) is 0. The molecule has 1 unspecified atom stereocenters. The molecule has 0 saturated carbocycles. The van der Waals surface area contributed by atoms with E-state index in [1.54, 1.807) is 12.4 Å². The summed E-state index contributed by atoms with van der Waals surface area (Å²) in [5.74, 6) is 0.756. The average molecular weight is 270 g/mol. The summed E-state index contributed by atoms with van der Waals surface area (Å²) in [5, 5.41) is 0. The first-order valence-corrected chi connectivity index (χ1v) is 7.04. The second-order valence-electron chi connectivity index (χ2n) is 5.10. The fourth-order valence-electron chi connectivity index (χ4n) is 2.20. The first kappa shape index (κ1) is 14.5. The lowest BCUT2D eigenvalue weighted by molar-refractivity contribution is 0.337. The molecule has 0 fully saturated rings. The van der Waals surface area contributed by atoms with Crippen molar-refractivity contribution in [3.05, 3.63) is 59.4 Å². The van der Waals surface area contributed by atoms with Gasteiger partial charge in [-0.25, -0.2) is 0 Å². The van der Waals surface area contributed by atoms with Gasteiger partial charge in [-0.05, 0) is 43.0 Å². The van der Waals surface area contributed by atoms with Crippen LogP contribution in [0.15, 0.2) is 42.7 Å². The Balaban J connectivity index is 2.34. The molecule has 0 aliphatic rings. The molecule has 2 aromatic rings. The maximum Gasteiger partial charge on any atom is 0.137 e. The lowest BCUT2D eigenvalue weighted by atomic mass is 9.86. The molecule has 0 radical (unpaired) electrons. The van der Waals surface area contributed by atoms with Gasteiger partial charge in [0.15, 0.2) is 0 Å². The number of ether oxygens (including phenoxy) is 1. The second kappa shape index (κ2) is 6.06. The van der Waals surface area contributed by atoms with Gasteiger partial charge in [0, 0.05) is 6.20 Å². The Morgan fingerprint density at radius 2 is 1.80 bits per heavy atom. The fourth-order valence-corrected chi connectivity index (χ4v) is 2.20. The minimum absolute atomic E-state index is 0.577. The Morgan fingerprint density at radius 1 is 1.10 bits per heavy atom. The zero-order valence-corrected chi connectivity index (χ0v) is 12.4. The number of nitrogens with two attached hydrogens (primary N) is 1. The maximum absolute atomic E-state index is 6.52. The number of benzene rings is 1. The van der Waals surface area contributed by atoms with Crippen LogP contribution in [0.1, 0.15) is 37.5 Å².